The third kappa shape index (κ3) is 2.34. The molecule has 102 valence electrons. The molecule has 3 rings (SSSR count). The van der Waals surface area contributed by atoms with E-state index in [-0.39, 0.29) is 0 Å². The number of benzene rings is 1. The Bertz CT molecular complexity index is 764. The number of anilines is 1. The number of nitrogens with one attached hydrogen (secondary N) is 1. The zero-order chi connectivity index (χ0) is 14.1. The maximum Gasteiger partial charge on any atom is 0.157 e. The molecule has 0 unspecified atom stereocenters. The molecule has 3 aromatic rings. The first-order valence-electron chi connectivity index (χ1n) is 6.42. The molecule has 0 radical (unpaired) electrons. The molecule has 20 heavy (non-hydrogen) atoms. The van der Waals surface area contributed by atoms with E-state index < -0.39 is 0 Å². The minimum atomic E-state index is 0.673. The van der Waals surface area contributed by atoms with Gasteiger partial charge in [-0.3, -0.25) is 4.68 Å². The van der Waals surface area contributed by atoms with Gasteiger partial charge in [-0.1, -0.05) is 29.8 Å². The fourth-order valence-corrected chi connectivity index (χ4v) is 2.45. The summed E-state index contributed by atoms with van der Waals surface area (Å²) in [7, 11) is 1.90. The van der Waals surface area contributed by atoms with Crippen LogP contribution in [0.15, 0.2) is 36.5 Å². The number of hydrogen-bond donors (Lipinski definition) is 1. The summed E-state index contributed by atoms with van der Waals surface area (Å²) in [6, 6.07) is 9.89. The minimum Gasteiger partial charge on any atom is -0.380 e. The Morgan fingerprint density at radius 3 is 2.90 bits per heavy atom. The Kier molecular flexibility index (Phi) is 3.32. The van der Waals surface area contributed by atoms with Crippen LogP contribution in [0, 0.1) is 6.92 Å². The standard InChI is InChI=1S/C15H15ClN4/c1-10-13-7-12(9-18-15(13)20(2)19-10)17-8-11-5-3-4-6-14(11)16/h3-7,9,17H,8H2,1-2H3. The van der Waals surface area contributed by atoms with Crippen molar-refractivity contribution in [2.75, 3.05) is 5.32 Å². The van der Waals surface area contributed by atoms with Crippen molar-refractivity contribution >= 4 is 28.3 Å². The van der Waals surface area contributed by atoms with Gasteiger partial charge >= 0.3 is 0 Å². The molecular formula is C15H15ClN4. The SMILES string of the molecule is Cc1nn(C)c2ncc(NCc3ccccc3Cl)cc12. The number of fused-ring (bicyclic) bond motifs is 1. The van der Waals surface area contributed by atoms with Gasteiger partial charge in [-0.25, -0.2) is 4.98 Å². The Balaban J connectivity index is 1.85. The Labute approximate surface area is 122 Å². The number of halogens is 1. The van der Waals surface area contributed by atoms with Gasteiger partial charge < -0.3 is 5.32 Å². The zero-order valence-corrected chi connectivity index (χ0v) is 12.1. The van der Waals surface area contributed by atoms with Crippen LogP contribution < -0.4 is 5.32 Å². The summed E-state index contributed by atoms with van der Waals surface area (Å²) in [5, 5.41) is 9.55. The van der Waals surface area contributed by atoms with Gasteiger partial charge in [0.25, 0.3) is 0 Å². The molecule has 0 bridgehead atoms. The van der Waals surface area contributed by atoms with Gasteiger partial charge in [0, 0.05) is 24.0 Å². The molecule has 0 aliphatic heterocycles. The fraction of sp³-hybridized carbons (Fsp3) is 0.200. The van der Waals surface area contributed by atoms with E-state index in [1.807, 2.05) is 44.4 Å². The fourth-order valence-electron chi connectivity index (χ4n) is 2.24. The van der Waals surface area contributed by atoms with Crippen molar-refractivity contribution in [1.29, 1.82) is 0 Å². The van der Waals surface area contributed by atoms with Crippen LogP contribution in [0.5, 0.6) is 0 Å². The molecule has 5 heteroatoms. The van der Waals surface area contributed by atoms with E-state index in [1.165, 1.54) is 0 Å². The summed E-state index contributed by atoms with van der Waals surface area (Å²) in [5.41, 5.74) is 3.91. The second-order valence-corrected chi connectivity index (χ2v) is 5.16. The first-order valence-corrected chi connectivity index (χ1v) is 6.79. The maximum absolute atomic E-state index is 6.15. The van der Waals surface area contributed by atoms with Crippen LogP contribution >= 0.6 is 11.6 Å². The lowest BCUT2D eigenvalue weighted by Crippen LogP contribution is -2.00. The molecule has 0 aliphatic carbocycles. The average molecular weight is 287 g/mol. The number of aryl methyl sites for hydroxylation is 2. The summed E-state index contributed by atoms with van der Waals surface area (Å²) in [6.07, 6.45) is 1.82. The summed E-state index contributed by atoms with van der Waals surface area (Å²) in [4.78, 5) is 4.44. The van der Waals surface area contributed by atoms with Crippen LogP contribution in [0.4, 0.5) is 5.69 Å². The van der Waals surface area contributed by atoms with E-state index in [0.29, 0.717) is 6.54 Å². The van der Waals surface area contributed by atoms with E-state index >= 15 is 0 Å². The Hall–Kier alpha value is -2.07. The predicted octanol–water partition coefficient (Wildman–Crippen LogP) is 3.54. The van der Waals surface area contributed by atoms with Crippen molar-refractivity contribution in [2.24, 2.45) is 7.05 Å². The molecule has 4 nitrogen and oxygen atoms in total. The molecule has 0 spiro atoms. The molecule has 0 aliphatic rings. The van der Waals surface area contributed by atoms with E-state index in [9.17, 15) is 0 Å². The lowest BCUT2D eigenvalue weighted by Gasteiger charge is -2.08. The summed E-state index contributed by atoms with van der Waals surface area (Å²) >= 11 is 6.15. The molecule has 0 atom stereocenters. The van der Waals surface area contributed by atoms with Crippen molar-refractivity contribution < 1.29 is 0 Å². The van der Waals surface area contributed by atoms with E-state index in [4.69, 9.17) is 11.6 Å². The third-order valence-electron chi connectivity index (χ3n) is 3.30. The Morgan fingerprint density at radius 1 is 1.30 bits per heavy atom. The average Bonchev–Trinajstić information content (AvgIpc) is 2.73. The van der Waals surface area contributed by atoms with Gasteiger partial charge in [-0.05, 0) is 24.6 Å². The molecular weight excluding hydrogens is 272 g/mol. The van der Waals surface area contributed by atoms with Crippen LogP contribution in [-0.2, 0) is 13.6 Å². The smallest absolute Gasteiger partial charge is 0.157 e. The number of nitrogens with zero attached hydrogens (tertiary/aromatic N) is 3. The van der Waals surface area contributed by atoms with Crippen LogP contribution in [0.25, 0.3) is 11.0 Å². The number of aromatic nitrogens is 3. The van der Waals surface area contributed by atoms with Crippen LogP contribution in [0.2, 0.25) is 5.02 Å². The zero-order valence-electron chi connectivity index (χ0n) is 11.4. The number of rotatable bonds is 3. The number of pyridine rings is 1. The van der Waals surface area contributed by atoms with Gasteiger partial charge in [0.1, 0.15) is 0 Å². The van der Waals surface area contributed by atoms with Gasteiger partial charge in [0.2, 0.25) is 0 Å². The topological polar surface area (TPSA) is 42.7 Å². The van der Waals surface area contributed by atoms with E-state index in [2.05, 4.69) is 21.5 Å². The summed E-state index contributed by atoms with van der Waals surface area (Å²) in [6.45, 7) is 2.66. The van der Waals surface area contributed by atoms with Gasteiger partial charge in [-0.15, -0.1) is 0 Å². The lowest BCUT2D eigenvalue weighted by molar-refractivity contribution is 0.774. The lowest BCUT2D eigenvalue weighted by atomic mass is 10.2. The van der Waals surface area contributed by atoms with Crippen molar-refractivity contribution in [3.8, 4) is 0 Å². The molecule has 1 N–H and O–H groups in total. The van der Waals surface area contributed by atoms with E-state index in [1.54, 1.807) is 4.68 Å². The van der Waals surface area contributed by atoms with Crippen LogP contribution in [0.3, 0.4) is 0 Å². The van der Waals surface area contributed by atoms with Crippen molar-refractivity contribution in [1.82, 2.24) is 14.8 Å². The highest BCUT2D eigenvalue weighted by Gasteiger charge is 2.07. The molecule has 1 aromatic carbocycles. The normalized spacial score (nSPS) is 10.9. The van der Waals surface area contributed by atoms with Crippen LogP contribution in [-0.4, -0.2) is 14.8 Å². The predicted molar refractivity (Wildman–Crippen MR) is 82.0 cm³/mol. The summed E-state index contributed by atoms with van der Waals surface area (Å²) in [5.74, 6) is 0. The summed E-state index contributed by atoms with van der Waals surface area (Å²) < 4.78 is 1.79. The first-order chi connectivity index (χ1) is 9.65. The van der Waals surface area contributed by atoms with Gasteiger partial charge in [0.15, 0.2) is 5.65 Å². The third-order valence-corrected chi connectivity index (χ3v) is 3.67. The number of hydrogen-bond acceptors (Lipinski definition) is 3. The largest absolute Gasteiger partial charge is 0.380 e. The highest BCUT2D eigenvalue weighted by molar-refractivity contribution is 6.31. The molecule has 0 amide bonds. The van der Waals surface area contributed by atoms with Gasteiger partial charge in [0.05, 0.1) is 17.6 Å². The molecule has 0 fully saturated rings. The van der Waals surface area contributed by atoms with Crippen molar-refractivity contribution in [2.45, 2.75) is 13.5 Å². The Morgan fingerprint density at radius 2 is 2.10 bits per heavy atom. The van der Waals surface area contributed by atoms with Crippen molar-refractivity contribution in [3.63, 3.8) is 0 Å². The maximum atomic E-state index is 6.15. The van der Waals surface area contributed by atoms with Crippen LogP contribution in [0.1, 0.15) is 11.3 Å². The highest BCUT2D eigenvalue weighted by Crippen LogP contribution is 2.21. The van der Waals surface area contributed by atoms with Crippen molar-refractivity contribution in [3.05, 3.63) is 52.8 Å². The molecule has 0 saturated carbocycles. The van der Waals surface area contributed by atoms with Gasteiger partial charge in [-0.2, -0.15) is 5.10 Å². The monoisotopic (exact) mass is 286 g/mol. The highest BCUT2D eigenvalue weighted by atomic mass is 35.5. The second-order valence-electron chi connectivity index (χ2n) is 4.75. The molecule has 2 aromatic heterocycles. The first kappa shape index (κ1) is 12.9. The molecule has 0 saturated heterocycles. The quantitative estimate of drug-likeness (QED) is 0.801. The second kappa shape index (κ2) is 5.13. The minimum absolute atomic E-state index is 0.673. The molecule has 2 heterocycles. The van der Waals surface area contributed by atoms with E-state index in [0.717, 1.165) is 33.0 Å².